The molecular weight excluding hydrogens is 256 g/mol. The Labute approximate surface area is 118 Å². The minimum Gasteiger partial charge on any atom is -0.378 e. The molecule has 1 N–H and O–H groups in total. The van der Waals surface area contributed by atoms with Crippen molar-refractivity contribution in [1.29, 1.82) is 0 Å². The van der Waals surface area contributed by atoms with Gasteiger partial charge in [-0.05, 0) is 36.8 Å². The van der Waals surface area contributed by atoms with Crippen molar-refractivity contribution in [2.24, 2.45) is 0 Å². The Morgan fingerprint density at radius 1 is 1.05 bits per heavy atom. The van der Waals surface area contributed by atoms with E-state index >= 15 is 0 Å². The first kappa shape index (κ1) is 13.7. The van der Waals surface area contributed by atoms with Crippen molar-refractivity contribution in [1.82, 2.24) is 0 Å². The van der Waals surface area contributed by atoms with E-state index in [4.69, 9.17) is 11.6 Å². The molecule has 0 fully saturated rings. The van der Waals surface area contributed by atoms with Crippen molar-refractivity contribution in [2.75, 3.05) is 0 Å². The Hall–Kier alpha value is -1.75. The SMILES string of the molecule is C[C@@](O)(C#Cc1ccc(Cl)cc1)Cc1ccccc1. The molecule has 0 amide bonds. The lowest BCUT2D eigenvalue weighted by molar-refractivity contribution is 0.123. The molecule has 0 aliphatic rings. The van der Waals surface area contributed by atoms with Gasteiger partial charge in [0.05, 0.1) is 0 Å². The molecule has 0 saturated carbocycles. The van der Waals surface area contributed by atoms with Crippen molar-refractivity contribution in [3.05, 3.63) is 70.7 Å². The zero-order chi connectivity index (χ0) is 13.7. The van der Waals surface area contributed by atoms with Crippen LogP contribution in [0.25, 0.3) is 0 Å². The van der Waals surface area contributed by atoms with E-state index in [1.54, 1.807) is 19.1 Å². The molecule has 0 radical (unpaired) electrons. The van der Waals surface area contributed by atoms with Crippen molar-refractivity contribution in [3.8, 4) is 11.8 Å². The first-order valence-electron chi connectivity index (χ1n) is 6.10. The number of halogens is 1. The summed E-state index contributed by atoms with van der Waals surface area (Å²) in [5.74, 6) is 5.88. The third-order valence-electron chi connectivity index (χ3n) is 2.71. The topological polar surface area (TPSA) is 20.2 Å². The van der Waals surface area contributed by atoms with Gasteiger partial charge in [-0.25, -0.2) is 0 Å². The summed E-state index contributed by atoms with van der Waals surface area (Å²) in [6.07, 6.45) is 0.508. The van der Waals surface area contributed by atoms with Crippen molar-refractivity contribution in [2.45, 2.75) is 18.9 Å². The van der Waals surface area contributed by atoms with Gasteiger partial charge < -0.3 is 5.11 Å². The standard InChI is InChI=1S/C17H15ClO/c1-17(19,13-15-5-3-2-4-6-15)12-11-14-7-9-16(18)10-8-14/h2-10,19H,13H2,1H3/t17-/m1/s1. The molecule has 2 aromatic rings. The highest BCUT2D eigenvalue weighted by atomic mass is 35.5. The summed E-state index contributed by atoms with van der Waals surface area (Å²) >= 11 is 5.81. The van der Waals surface area contributed by atoms with Crippen LogP contribution in [-0.4, -0.2) is 10.7 Å². The van der Waals surface area contributed by atoms with Gasteiger partial charge in [0.25, 0.3) is 0 Å². The van der Waals surface area contributed by atoms with Crippen LogP contribution in [0.5, 0.6) is 0 Å². The second-order valence-electron chi connectivity index (χ2n) is 4.69. The third kappa shape index (κ3) is 4.44. The van der Waals surface area contributed by atoms with Crippen molar-refractivity contribution < 1.29 is 5.11 Å². The van der Waals surface area contributed by atoms with Gasteiger partial charge in [-0.2, -0.15) is 0 Å². The summed E-state index contributed by atoms with van der Waals surface area (Å²) in [6, 6.07) is 17.1. The highest BCUT2D eigenvalue weighted by molar-refractivity contribution is 6.30. The fraction of sp³-hybridized carbons (Fsp3) is 0.176. The minimum atomic E-state index is -1.04. The Morgan fingerprint density at radius 3 is 2.32 bits per heavy atom. The lowest BCUT2D eigenvalue weighted by Gasteiger charge is -2.16. The lowest BCUT2D eigenvalue weighted by Crippen LogP contribution is -2.24. The van der Waals surface area contributed by atoms with E-state index in [2.05, 4.69) is 11.8 Å². The van der Waals surface area contributed by atoms with E-state index in [9.17, 15) is 5.11 Å². The third-order valence-corrected chi connectivity index (χ3v) is 2.96. The predicted molar refractivity (Wildman–Crippen MR) is 79.1 cm³/mol. The highest BCUT2D eigenvalue weighted by Crippen LogP contribution is 2.13. The molecular formula is C17H15ClO. The van der Waals surface area contributed by atoms with E-state index in [0.717, 1.165) is 11.1 Å². The Bertz CT molecular complexity index is 589. The quantitative estimate of drug-likeness (QED) is 0.826. The molecule has 19 heavy (non-hydrogen) atoms. The van der Waals surface area contributed by atoms with Crippen LogP contribution in [-0.2, 0) is 6.42 Å². The van der Waals surface area contributed by atoms with Gasteiger partial charge in [0.1, 0.15) is 5.60 Å². The number of rotatable bonds is 2. The molecule has 2 rings (SSSR count). The van der Waals surface area contributed by atoms with Crippen LogP contribution >= 0.6 is 11.6 Å². The molecule has 2 heteroatoms. The lowest BCUT2D eigenvalue weighted by atomic mass is 9.97. The smallest absolute Gasteiger partial charge is 0.127 e. The molecule has 2 aromatic carbocycles. The highest BCUT2D eigenvalue weighted by Gasteiger charge is 2.17. The molecule has 0 bridgehead atoms. The fourth-order valence-electron chi connectivity index (χ4n) is 1.78. The van der Waals surface area contributed by atoms with E-state index in [1.165, 1.54) is 0 Å². The molecule has 0 aliphatic carbocycles. The fourth-order valence-corrected chi connectivity index (χ4v) is 1.90. The minimum absolute atomic E-state index is 0.508. The van der Waals surface area contributed by atoms with Gasteiger partial charge in [0.2, 0.25) is 0 Å². The number of hydrogen-bond donors (Lipinski definition) is 1. The molecule has 0 saturated heterocycles. The maximum absolute atomic E-state index is 10.3. The van der Waals surface area contributed by atoms with Gasteiger partial charge in [-0.15, -0.1) is 0 Å². The monoisotopic (exact) mass is 270 g/mol. The Kier molecular flexibility index (Phi) is 4.27. The van der Waals surface area contributed by atoms with Gasteiger partial charge >= 0.3 is 0 Å². The number of benzene rings is 2. The van der Waals surface area contributed by atoms with Crippen LogP contribution in [0, 0.1) is 11.8 Å². The number of hydrogen-bond acceptors (Lipinski definition) is 1. The second kappa shape index (κ2) is 5.93. The maximum atomic E-state index is 10.3. The zero-order valence-corrected chi connectivity index (χ0v) is 11.5. The molecule has 0 aliphatic heterocycles. The Balaban J connectivity index is 2.11. The van der Waals surface area contributed by atoms with Crippen LogP contribution in [0.15, 0.2) is 54.6 Å². The summed E-state index contributed by atoms with van der Waals surface area (Å²) in [5, 5.41) is 11.0. The molecule has 0 heterocycles. The second-order valence-corrected chi connectivity index (χ2v) is 5.13. The van der Waals surface area contributed by atoms with E-state index in [-0.39, 0.29) is 0 Å². The average molecular weight is 271 g/mol. The Morgan fingerprint density at radius 2 is 1.68 bits per heavy atom. The summed E-state index contributed by atoms with van der Waals surface area (Å²) in [6.45, 7) is 1.73. The zero-order valence-electron chi connectivity index (χ0n) is 10.7. The first-order chi connectivity index (χ1) is 9.05. The van der Waals surface area contributed by atoms with Crippen molar-refractivity contribution >= 4 is 11.6 Å². The number of aliphatic hydroxyl groups is 1. The van der Waals surface area contributed by atoms with Gasteiger partial charge in [-0.1, -0.05) is 53.8 Å². The van der Waals surface area contributed by atoms with E-state index in [0.29, 0.717) is 11.4 Å². The predicted octanol–water partition coefficient (Wildman–Crippen LogP) is 3.69. The molecule has 0 aromatic heterocycles. The normalized spacial score (nSPS) is 13.2. The first-order valence-corrected chi connectivity index (χ1v) is 6.48. The van der Waals surface area contributed by atoms with Gasteiger partial charge in [-0.3, -0.25) is 0 Å². The molecule has 0 spiro atoms. The summed E-state index contributed by atoms with van der Waals surface area (Å²) < 4.78 is 0. The molecule has 1 nitrogen and oxygen atoms in total. The van der Waals surface area contributed by atoms with Crippen molar-refractivity contribution in [3.63, 3.8) is 0 Å². The largest absolute Gasteiger partial charge is 0.378 e. The van der Waals surface area contributed by atoms with Crippen LogP contribution in [0.1, 0.15) is 18.1 Å². The van der Waals surface area contributed by atoms with Crippen LogP contribution in [0.3, 0.4) is 0 Å². The van der Waals surface area contributed by atoms with Crippen LogP contribution < -0.4 is 0 Å². The summed E-state index contributed by atoms with van der Waals surface area (Å²) in [7, 11) is 0. The summed E-state index contributed by atoms with van der Waals surface area (Å²) in [4.78, 5) is 0. The summed E-state index contributed by atoms with van der Waals surface area (Å²) in [5.41, 5.74) is 0.872. The molecule has 0 unspecified atom stereocenters. The van der Waals surface area contributed by atoms with Gasteiger partial charge in [0.15, 0.2) is 0 Å². The maximum Gasteiger partial charge on any atom is 0.127 e. The van der Waals surface area contributed by atoms with Gasteiger partial charge in [0, 0.05) is 17.0 Å². The van der Waals surface area contributed by atoms with Crippen LogP contribution in [0.4, 0.5) is 0 Å². The van der Waals surface area contributed by atoms with Crippen LogP contribution in [0.2, 0.25) is 5.02 Å². The average Bonchev–Trinajstić information content (AvgIpc) is 2.39. The molecule has 96 valence electrons. The van der Waals surface area contributed by atoms with E-state index in [1.807, 2.05) is 42.5 Å². The molecule has 1 atom stereocenters. The van der Waals surface area contributed by atoms with E-state index < -0.39 is 5.60 Å².